The molecule has 0 saturated carbocycles. The molecule has 2 amide bonds. The van der Waals surface area contributed by atoms with Gasteiger partial charge >= 0.3 is 6.03 Å². The Morgan fingerprint density at radius 1 is 1.12 bits per heavy atom. The lowest BCUT2D eigenvalue weighted by molar-refractivity contribution is 0.0994. The summed E-state index contributed by atoms with van der Waals surface area (Å²) in [6, 6.07) is 7.38. The third-order valence-corrected chi connectivity index (χ3v) is 6.59. The van der Waals surface area contributed by atoms with Crippen LogP contribution >= 0.6 is 24.0 Å². The van der Waals surface area contributed by atoms with Crippen LogP contribution in [0.5, 0.6) is 5.75 Å². The molecule has 0 spiro atoms. The van der Waals surface area contributed by atoms with Crippen LogP contribution in [0.1, 0.15) is 25.7 Å². The van der Waals surface area contributed by atoms with E-state index in [-0.39, 0.29) is 24.5 Å². The highest BCUT2D eigenvalue weighted by Gasteiger charge is 2.48. The van der Waals surface area contributed by atoms with E-state index < -0.39 is 0 Å². The van der Waals surface area contributed by atoms with Crippen molar-refractivity contribution >= 4 is 35.7 Å². The van der Waals surface area contributed by atoms with Crippen LogP contribution in [0.15, 0.2) is 18.2 Å². The second-order valence-corrected chi connectivity index (χ2v) is 7.99. The normalized spacial score (nSPS) is 33.6. The third-order valence-electron chi connectivity index (χ3n) is 6.35. The quantitative estimate of drug-likeness (QED) is 0.745. The van der Waals surface area contributed by atoms with E-state index in [2.05, 4.69) is 16.8 Å². The second-order valence-electron chi connectivity index (χ2n) is 7.56. The zero-order valence-electron chi connectivity index (χ0n) is 14.2. The van der Waals surface area contributed by atoms with Crippen LogP contribution in [0, 0.1) is 0 Å². The first-order valence-corrected chi connectivity index (χ1v) is 9.23. The minimum atomic E-state index is 0. The van der Waals surface area contributed by atoms with Gasteiger partial charge in [0.25, 0.3) is 0 Å². The predicted molar refractivity (Wildman–Crippen MR) is 100 cm³/mol. The van der Waals surface area contributed by atoms with Gasteiger partial charge in [-0.05, 0) is 50.9 Å². The van der Waals surface area contributed by atoms with E-state index in [0.29, 0.717) is 29.8 Å². The fourth-order valence-electron chi connectivity index (χ4n) is 5.04. The van der Waals surface area contributed by atoms with Gasteiger partial charge in [0.15, 0.2) is 0 Å². The minimum Gasteiger partial charge on any atom is -0.489 e. The Hall–Kier alpha value is -1.17. The van der Waals surface area contributed by atoms with Crippen LogP contribution < -0.4 is 9.64 Å². The van der Waals surface area contributed by atoms with Gasteiger partial charge in [0.1, 0.15) is 12.4 Å². The second kappa shape index (κ2) is 6.22. The van der Waals surface area contributed by atoms with E-state index in [1.165, 1.54) is 12.8 Å². The van der Waals surface area contributed by atoms with Crippen LogP contribution in [0.2, 0.25) is 5.02 Å². The molecule has 1 aromatic carbocycles. The van der Waals surface area contributed by atoms with Crippen LogP contribution in [0.3, 0.4) is 0 Å². The van der Waals surface area contributed by atoms with E-state index in [9.17, 15) is 4.79 Å². The van der Waals surface area contributed by atoms with E-state index in [0.717, 1.165) is 30.8 Å². The average molecular weight is 384 g/mol. The number of carbonyl (C=O) groups excluding carboxylic acids is 1. The van der Waals surface area contributed by atoms with Crippen LogP contribution in [0.25, 0.3) is 0 Å². The minimum absolute atomic E-state index is 0. The highest BCUT2D eigenvalue weighted by atomic mass is 35.5. The molecule has 4 aliphatic heterocycles. The molecule has 2 bridgehead atoms. The van der Waals surface area contributed by atoms with Crippen molar-refractivity contribution in [2.75, 3.05) is 25.1 Å². The molecule has 0 radical (unpaired) electrons. The number of nitrogens with zero attached hydrogens (tertiary/aromatic N) is 3. The van der Waals surface area contributed by atoms with Gasteiger partial charge < -0.3 is 14.5 Å². The molecule has 5 nitrogen and oxygen atoms in total. The number of anilines is 1. The lowest BCUT2D eigenvalue weighted by Gasteiger charge is -2.40. The number of amides is 2. The number of ether oxygens (including phenoxy) is 1. The molecule has 4 aliphatic rings. The molecule has 136 valence electrons. The monoisotopic (exact) mass is 383 g/mol. The summed E-state index contributed by atoms with van der Waals surface area (Å²) in [6.45, 7) is 1.33. The fraction of sp³-hybridized carbons (Fsp3) is 0.611. The van der Waals surface area contributed by atoms with Crippen LogP contribution in [-0.4, -0.2) is 60.2 Å². The average Bonchev–Trinajstić information content (AvgIpc) is 2.99. The molecule has 0 aliphatic carbocycles. The Morgan fingerprint density at radius 2 is 1.84 bits per heavy atom. The maximum atomic E-state index is 13.2. The van der Waals surface area contributed by atoms with Crippen molar-refractivity contribution in [2.45, 2.75) is 49.9 Å². The van der Waals surface area contributed by atoms with Gasteiger partial charge in [-0.1, -0.05) is 11.6 Å². The van der Waals surface area contributed by atoms with Crippen molar-refractivity contribution in [3.05, 3.63) is 23.2 Å². The largest absolute Gasteiger partial charge is 0.489 e. The Morgan fingerprint density at radius 3 is 2.56 bits per heavy atom. The zero-order valence-corrected chi connectivity index (χ0v) is 15.8. The maximum Gasteiger partial charge on any atom is 0.325 e. The molecule has 5 rings (SSSR count). The molecule has 3 atom stereocenters. The van der Waals surface area contributed by atoms with Crippen molar-refractivity contribution in [3.63, 3.8) is 0 Å². The number of benzene rings is 1. The summed E-state index contributed by atoms with van der Waals surface area (Å²) < 4.78 is 5.86. The van der Waals surface area contributed by atoms with Gasteiger partial charge in [0.2, 0.25) is 0 Å². The number of piperidine rings is 1. The molecule has 3 fully saturated rings. The Labute approximate surface area is 159 Å². The Kier molecular flexibility index (Phi) is 4.29. The summed E-state index contributed by atoms with van der Waals surface area (Å²) in [7, 11) is 2.24. The molecular weight excluding hydrogens is 361 g/mol. The van der Waals surface area contributed by atoms with Gasteiger partial charge in [-0.15, -0.1) is 12.4 Å². The SMILES string of the molecule is CN1C2CCC1CC(N1CC3COc4ccc(Cl)cc4N3C1=O)C2.Cl. The van der Waals surface area contributed by atoms with Crippen molar-refractivity contribution in [1.82, 2.24) is 9.80 Å². The van der Waals surface area contributed by atoms with Crippen LogP contribution in [0.4, 0.5) is 10.5 Å². The van der Waals surface area contributed by atoms with Gasteiger partial charge in [0, 0.05) is 29.7 Å². The van der Waals surface area contributed by atoms with Crippen LogP contribution in [-0.2, 0) is 0 Å². The summed E-state index contributed by atoms with van der Waals surface area (Å²) in [6.07, 6.45) is 4.74. The smallest absolute Gasteiger partial charge is 0.325 e. The number of halogens is 2. The van der Waals surface area contributed by atoms with Gasteiger partial charge in [-0.3, -0.25) is 4.90 Å². The number of carbonyl (C=O) groups is 1. The van der Waals surface area contributed by atoms with Crippen molar-refractivity contribution in [3.8, 4) is 5.75 Å². The molecule has 3 unspecified atom stereocenters. The lowest BCUT2D eigenvalue weighted by atomic mass is 9.97. The van der Waals surface area contributed by atoms with Gasteiger partial charge in [-0.2, -0.15) is 0 Å². The molecule has 4 heterocycles. The highest BCUT2D eigenvalue weighted by molar-refractivity contribution is 6.31. The summed E-state index contributed by atoms with van der Waals surface area (Å²) in [5, 5.41) is 0.640. The summed E-state index contributed by atoms with van der Waals surface area (Å²) in [5.41, 5.74) is 0.821. The number of rotatable bonds is 1. The standard InChI is InChI=1S/C18H22ClN3O2.ClH/c1-20-12-3-4-13(20)8-14(7-12)21-9-15-10-24-17-5-2-11(19)6-16(17)22(15)18(21)23;/h2,5-6,12-15H,3-4,7-10H2,1H3;1H. The van der Waals surface area contributed by atoms with E-state index in [4.69, 9.17) is 16.3 Å². The Bertz CT molecular complexity index is 687. The van der Waals surface area contributed by atoms with E-state index in [1.54, 1.807) is 0 Å². The number of urea groups is 1. The first-order chi connectivity index (χ1) is 11.6. The topological polar surface area (TPSA) is 36.0 Å². The van der Waals surface area contributed by atoms with Gasteiger partial charge in [0.05, 0.1) is 11.7 Å². The number of hydrogen-bond donors (Lipinski definition) is 0. The molecule has 0 N–H and O–H groups in total. The first-order valence-electron chi connectivity index (χ1n) is 8.86. The highest BCUT2D eigenvalue weighted by Crippen LogP contribution is 2.42. The third kappa shape index (κ3) is 2.59. The van der Waals surface area contributed by atoms with E-state index >= 15 is 0 Å². The summed E-state index contributed by atoms with van der Waals surface area (Å²) in [4.78, 5) is 19.7. The fourth-order valence-corrected chi connectivity index (χ4v) is 5.20. The number of hydrogen-bond acceptors (Lipinski definition) is 3. The predicted octanol–water partition coefficient (Wildman–Crippen LogP) is 3.39. The van der Waals surface area contributed by atoms with Crippen molar-refractivity contribution < 1.29 is 9.53 Å². The molecule has 25 heavy (non-hydrogen) atoms. The first kappa shape index (κ1) is 17.3. The molecular formula is C18H23Cl2N3O2. The molecule has 0 aromatic heterocycles. The van der Waals surface area contributed by atoms with E-state index in [1.807, 2.05) is 23.1 Å². The Balaban J connectivity index is 0.00000157. The van der Waals surface area contributed by atoms with Gasteiger partial charge in [-0.25, -0.2) is 4.79 Å². The van der Waals surface area contributed by atoms with Crippen molar-refractivity contribution in [1.29, 1.82) is 0 Å². The van der Waals surface area contributed by atoms with Crippen molar-refractivity contribution in [2.24, 2.45) is 0 Å². The molecule has 7 heteroatoms. The summed E-state index contributed by atoms with van der Waals surface area (Å²) in [5.74, 6) is 0.759. The lowest BCUT2D eigenvalue weighted by Crippen LogP contribution is -2.50. The zero-order chi connectivity index (χ0) is 16.4. The number of fused-ring (bicyclic) bond motifs is 5. The maximum absolute atomic E-state index is 13.2. The molecule has 3 saturated heterocycles. The summed E-state index contributed by atoms with van der Waals surface area (Å²) >= 11 is 6.15. The molecule has 1 aromatic rings.